The third kappa shape index (κ3) is 5.65. The van der Waals surface area contributed by atoms with E-state index >= 15 is 0 Å². The summed E-state index contributed by atoms with van der Waals surface area (Å²) < 4.78 is 5.48. The molecule has 0 saturated carbocycles. The van der Waals surface area contributed by atoms with Gasteiger partial charge in [0, 0.05) is 11.6 Å². The van der Waals surface area contributed by atoms with Crippen LogP contribution in [-0.2, 0) is 0 Å². The zero-order valence-corrected chi connectivity index (χ0v) is 12.7. The quantitative estimate of drug-likeness (QED) is 0.617. The molecule has 0 radical (unpaired) electrons. The van der Waals surface area contributed by atoms with Crippen LogP contribution in [0.4, 0.5) is 0 Å². The number of rotatable bonds is 10. The van der Waals surface area contributed by atoms with Crippen LogP contribution in [0.15, 0.2) is 24.3 Å². The number of hydrogen-bond donors (Lipinski definition) is 1. The first kappa shape index (κ1) is 16.0. The van der Waals surface area contributed by atoms with Gasteiger partial charge in [-0.25, -0.2) is 0 Å². The Morgan fingerprint density at radius 3 is 2.47 bits per heavy atom. The van der Waals surface area contributed by atoms with Gasteiger partial charge >= 0.3 is 0 Å². The third-order valence-electron chi connectivity index (χ3n) is 3.56. The SMILES string of the molecule is CCCCCCCC(NCC)c1ccccc1OC. The summed E-state index contributed by atoms with van der Waals surface area (Å²) in [4.78, 5) is 0. The first-order chi connectivity index (χ1) is 9.33. The molecule has 0 aliphatic carbocycles. The van der Waals surface area contributed by atoms with Gasteiger partial charge < -0.3 is 10.1 Å². The molecule has 0 heterocycles. The average molecular weight is 263 g/mol. The van der Waals surface area contributed by atoms with Gasteiger partial charge in [0.15, 0.2) is 0 Å². The van der Waals surface area contributed by atoms with Crippen LogP contribution >= 0.6 is 0 Å². The van der Waals surface area contributed by atoms with E-state index in [9.17, 15) is 0 Å². The van der Waals surface area contributed by atoms with Crippen molar-refractivity contribution in [2.45, 2.75) is 58.4 Å². The Morgan fingerprint density at radius 2 is 1.79 bits per heavy atom. The lowest BCUT2D eigenvalue weighted by Gasteiger charge is -2.20. The van der Waals surface area contributed by atoms with E-state index in [0.29, 0.717) is 6.04 Å². The fourth-order valence-corrected chi connectivity index (χ4v) is 2.52. The molecule has 1 aromatic rings. The van der Waals surface area contributed by atoms with E-state index in [4.69, 9.17) is 4.74 Å². The molecule has 108 valence electrons. The highest BCUT2D eigenvalue weighted by Crippen LogP contribution is 2.28. The minimum absolute atomic E-state index is 0.419. The maximum atomic E-state index is 5.48. The zero-order valence-electron chi connectivity index (χ0n) is 12.7. The van der Waals surface area contributed by atoms with Crippen molar-refractivity contribution in [2.24, 2.45) is 0 Å². The molecular formula is C17H29NO. The first-order valence-electron chi connectivity index (χ1n) is 7.69. The molecule has 2 nitrogen and oxygen atoms in total. The predicted octanol–water partition coefficient (Wildman–Crippen LogP) is 4.71. The van der Waals surface area contributed by atoms with Gasteiger partial charge in [-0.15, -0.1) is 0 Å². The molecule has 1 N–H and O–H groups in total. The van der Waals surface area contributed by atoms with Crippen molar-refractivity contribution in [1.82, 2.24) is 5.32 Å². The second-order valence-electron chi connectivity index (χ2n) is 5.06. The van der Waals surface area contributed by atoms with E-state index in [1.54, 1.807) is 7.11 Å². The third-order valence-corrected chi connectivity index (χ3v) is 3.56. The van der Waals surface area contributed by atoms with Crippen LogP contribution in [0.3, 0.4) is 0 Å². The van der Waals surface area contributed by atoms with Crippen molar-refractivity contribution in [2.75, 3.05) is 13.7 Å². The molecule has 1 unspecified atom stereocenters. The van der Waals surface area contributed by atoms with Gasteiger partial charge in [0.05, 0.1) is 7.11 Å². The maximum absolute atomic E-state index is 5.48. The lowest BCUT2D eigenvalue weighted by atomic mass is 9.99. The average Bonchev–Trinajstić information content (AvgIpc) is 2.46. The van der Waals surface area contributed by atoms with Gasteiger partial charge in [-0.2, -0.15) is 0 Å². The van der Waals surface area contributed by atoms with E-state index in [1.807, 2.05) is 6.07 Å². The van der Waals surface area contributed by atoms with Crippen molar-refractivity contribution < 1.29 is 4.74 Å². The van der Waals surface area contributed by atoms with Gasteiger partial charge in [0.1, 0.15) is 5.75 Å². The molecule has 0 aliphatic heterocycles. The first-order valence-corrected chi connectivity index (χ1v) is 7.69. The summed E-state index contributed by atoms with van der Waals surface area (Å²) in [5.41, 5.74) is 1.29. The molecule has 0 aliphatic rings. The van der Waals surface area contributed by atoms with Crippen LogP contribution in [0.2, 0.25) is 0 Å². The van der Waals surface area contributed by atoms with Crippen LogP contribution in [0.5, 0.6) is 5.75 Å². The highest BCUT2D eigenvalue weighted by atomic mass is 16.5. The highest BCUT2D eigenvalue weighted by Gasteiger charge is 2.14. The fraction of sp³-hybridized carbons (Fsp3) is 0.647. The molecule has 19 heavy (non-hydrogen) atoms. The molecule has 0 saturated heterocycles. The Bertz CT molecular complexity index is 338. The van der Waals surface area contributed by atoms with Gasteiger partial charge in [0.2, 0.25) is 0 Å². The molecule has 0 aromatic heterocycles. The van der Waals surface area contributed by atoms with Gasteiger partial charge in [-0.05, 0) is 19.0 Å². The van der Waals surface area contributed by atoms with Crippen LogP contribution in [0.25, 0.3) is 0 Å². The maximum Gasteiger partial charge on any atom is 0.123 e. The van der Waals surface area contributed by atoms with E-state index in [2.05, 4.69) is 37.4 Å². The van der Waals surface area contributed by atoms with Gasteiger partial charge in [-0.3, -0.25) is 0 Å². The monoisotopic (exact) mass is 263 g/mol. The molecule has 0 bridgehead atoms. The predicted molar refractivity (Wildman–Crippen MR) is 82.8 cm³/mol. The lowest BCUT2D eigenvalue weighted by Crippen LogP contribution is -2.21. The van der Waals surface area contributed by atoms with Crippen molar-refractivity contribution in [3.63, 3.8) is 0 Å². The zero-order chi connectivity index (χ0) is 13.9. The van der Waals surface area contributed by atoms with Gasteiger partial charge in [-0.1, -0.05) is 64.2 Å². The molecule has 0 amide bonds. The molecule has 0 spiro atoms. The minimum atomic E-state index is 0.419. The smallest absolute Gasteiger partial charge is 0.123 e. The van der Waals surface area contributed by atoms with Crippen LogP contribution in [-0.4, -0.2) is 13.7 Å². The number of hydrogen-bond acceptors (Lipinski definition) is 2. The second-order valence-corrected chi connectivity index (χ2v) is 5.06. The number of unbranched alkanes of at least 4 members (excludes halogenated alkanes) is 4. The van der Waals surface area contributed by atoms with E-state index in [1.165, 1.54) is 44.1 Å². The van der Waals surface area contributed by atoms with E-state index in [-0.39, 0.29) is 0 Å². The summed E-state index contributed by atoms with van der Waals surface area (Å²) in [5, 5.41) is 3.58. The lowest BCUT2D eigenvalue weighted by molar-refractivity contribution is 0.393. The number of nitrogens with one attached hydrogen (secondary N) is 1. The number of benzene rings is 1. The number of methoxy groups -OCH3 is 1. The second kappa shape index (κ2) is 9.85. The normalized spacial score (nSPS) is 12.4. The topological polar surface area (TPSA) is 21.3 Å². The largest absolute Gasteiger partial charge is 0.496 e. The molecule has 1 rings (SSSR count). The van der Waals surface area contributed by atoms with Crippen molar-refractivity contribution >= 4 is 0 Å². The Labute approximate surface area is 118 Å². The van der Waals surface area contributed by atoms with Crippen molar-refractivity contribution in [3.8, 4) is 5.75 Å². The number of para-hydroxylation sites is 1. The standard InChI is InChI=1S/C17H29NO/c1-4-6-7-8-9-13-16(18-5-2)15-12-10-11-14-17(15)19-3/h10-12,14,16,18H,4-9,13H2,1-3H3. The summed E-state index contributed by atoms with van der Waals surface area (Å²) in [7, 11) is 1.75. The van der Waals surface area contributed by atoms with E-state index < -0.39 is 0 Å². The van der Waals surface area contributed by atoms with Crippen molar-refractivity contribution in [1.29, 1.82) is 0 Å². The fourth-order valence-electron chi connectivity index (χ4n) is 2.52. The molecule has 2 heteroatoms. The summed E-state index contributed by atoms with van der Waals surface area (Å²) in [6.07, 6.45) is 7.85. The summed E-state index contributed by atoms with van der Waals surface area (Å²) >= 11 is 0. The molecule has 0 fully saturated rings. The number of ether oxygens (including phenoxy) is 1. The molecule has 1 atom stereocenters. The highest BCUT2D eigenvalue weighted by molar-refractivity contribution is 5.35. The summed E-state index contributed by atoms with van der Waals surface area (Å²) in [5.74, 6) is 1.00. The Hall–Kier alpha value is -1.02. The molecule has 1 aromatic carbocycles. The Balaban J connectivity index is 2.55. The summed E-state index contributed by atoms with van der Waals surface area (Å²) in [6, 6.07) is 8.78. The van der Waals surface area contributed by atoms with Crippen LogP contribution in [0, 0.1) is 0 Å². The van der Waals surface area contributed by atoms with E-state index in [0.717, 1.165) is 12.3 Å². The molecular weight excluding hydrogens is 234 g/mol. The van der Waals surface area contributed by atoms with Crippen LogP contribution in [0.1, 0.15) is 64.0 Å². The van der Waals surface area contributed by atoms with Crippen LogP contribution < -0.4 is 10.1 Å². The minimum Gasteiger partial charge on any atom is -0.496 e. The Morgan fingerprint density at radius 1 is 1.05 bits per heavy atom. The van der Waals surface area contributed by atoms with Crippen molar-refractivity contribution in [3.05, 3.63) is 29.8 Å². The summed E-state index contributed by atoms with van der Waals surface area (Å²) in [6.45, 7) is 5.42. The van der Waals surface area contributed by atoms with Gasteiger partial charge in [0.25, 0.3) is 0 Å². The Kier molecular flexibility index (Phi) is 8.31.